The van der Waals surface area contributed by atoms with E-state index in [4.69, 9.17) is 0 Å². The van der Waals surface area contributed by atoms with E-state index in [-0.39, 0.29) is 47.7 Å². The molecule has 2 saturated heterocycles. The average Bonchev–Trinajstić information content (AvgIpc) is 3.56. The van der Waals surface area contributed by atoms with Crippen molar-refractivity contribution in [3.8, 4) is 11.8 Å². The van der Waals surface area contributed by atoms with Gasteiger partial charge in [-0.25, -0.2) is 13.9 Å². The van der Waals surface area contributed by atoms with Crippen LogP contribution in [-0.2, 0) is 28.9 Å². The van der Waals surface area contributed by atoms with Crippen molar-refractivity contribution in [1.82, 2.24) is 29.7 Å². The Morgan fingerprint density at radius 2 is 1.74 bits per heavy atom. The van der Waals surface area contributed by atoms with Crippen molar-refractivity contribution >= 4 is 29.1 Å². The fraction of sp³-hybridized carbons (Fsp3) is 0.275. The number of imidazole rings is 1. The van der Waals surface area contributed by atoms with Crippen LogP contribution in [0.25, 0.3) is 5.65 Å². The lowest BCUT2D eigenvalue weighted by Crippen LogP contribution is -2.45. The van der Waals surface area contributed by atoms with Crippen LogP contribution in [0, 0.1) is 24.6 Å². The van der Waals surface area contributed by atoms with Crippen molar-refractivity contribution in [2.75, 3.05) is 31.5 Å². The van der Waals surface area contributed by atoms with E-state index >= 15 is 4.39 Å². The number of aryl methyl sites for hydroxylation is 1. The molecule has 276 valence electrons. The Morgan fingerprint density at radius 3 is 2.48 bits per heavy atom. The van der Waals surface area contributed by atoms with Gasteiger partial charge in [0.1, 0.15) is 11.5 Å². The van der Waals surface area contributed by atoms with Gasteiger partial charge in [0.2, 0.25) is 11.8 Å². The molecule has 14 heteroatoms. The molecular weight excluding hydrogens is 702 g/mol. The number of hydrogen-bond donors (Lipinski definition) is 2. The molecule has 1 atom stereocenters. The summed E-state index contributed by atoms with van der Waals surface area (Å²) in [6.07, 6.45) is -1.02. The van der Waals surface area contributed by atoms with E-state index in [1.165, 1.54) is 18.2 Å². The van der Waals surface area contributed by atoms with Gasteiger partial charge in [-0.3, -0.25) is 29.5 Å². The summed E-state index contributed by atoms with van der Waals surface area (Å²) >= 11 is 0. The molecule has 2 aliphatic rings. The molecule has 0 saturated carbocycles. The fourth-order valence-corrected chi connectivity index (χ4v) is 6.75. The Labute approximate surface area is 308 Å². The number of halogens is 4. The Morgan fingerprint density at radius 1 is 0.963 bits per heavy atom. The van der Waals surface area contributed by atoms with Gasteiger partial charge in [0.15, 0.2) is 5.65 Å². The number of fused-ring (bicyclic) bond motifs is 1. The van der Waals surface area contributed by atoms with E-state index in [0.717, 1.165) is 11.6 Å². The molecule has 4 heterocycles. The maximum Gasteiger partial charge on any atom is 0.416 e. The molecule has 0 bridgehead atoms. The van der Waals surface area contributed by atoms with Crippen molar-refractivity contribution in [2.45, 2.75) is 44.9 Å². The zero-order valence-corrected chi connectivity index (χ0v) is 29.2. The van der Waals surface area contributed by atoms with Gasteiger partial charge in [0, 0.05) is 74.3 Å². The topological polar surface area (TPSA) is 112 Å². The summed E-state index contributed by atoms with van der Waals surface area (Å²) in [4.78, 5) is 45.2. The van der Waals surface area contributed by atoms with E-state index in [1.807, 2.05) is 11.8 Å². The smallest absolute Gasteiger partial charge is 0.322 e. The van der Waals surface area contributed by atoms with Gasteiger partial charge in [0.25, 0.3) is 5.91 Å². The third-order valence-electron chi connectivity index (χ3n) is 9.72. The summed E-state index contributed by atoms with van der Waals surface area (Å²) in [6.45, 7) is 4.47. The number of nitrogens with zero attached hydrogens (tertiary/aromatic N) is 5. The maximum atomic E-state index is 15.0. The summed E-state index contributed by atoms with van der Waals surface area (Å²) in [7, 11) is 0. The van der Waals surface area contributed by atoms with Crippen LogP contribution in [0.5, 0.6) is 0 Å². The highest BCUT2D eigenvalue weighted by atomic mass is 19.4. The van der Waals surface area contributed by atoms with E-state index in [0.29, 0.717) is 55.2 Å². The molecule has 0 aliphatic carbocycles. The Hall–Kier alpha value is -5.91. The molecule has 2 aromatic heterocycles. The first-order chi connectivity index (χ1) is 25.9. The van der Waals surface area contributed by atoms with Crippen molar-refractivity contribution in [3.63, 3.8) is 0 Å². The molecule has 2 N–H and O–H groups in total. The van der Waals surface area contributed by atoms with E-state index in [1.54, 1.807) is 59.4 Å². The summed E-state index contributed by atoms with van der Waals surface area (Å²) in [6, 6.07) is 17.1. The number of imide groups is 1. The van der Waals surface area contributed by atoms with E-state index in [2.05, 4.69) is 37.5 Å². The highest BCUT2D eigenvalue weighted by Gasteiger charge is 2.35. The molecule has 2 aliphatic heterocycles. The van der Waals surface area contributed by atoms with Gasteiger partial charge in [-0.05, 0) is 78.4 Å². The number of amides is 3. The summed E-state index contributed by atoms with van der Waals surface area (Å²) in [5.74, 6) is 3.42. The van der Waals surface area contributed by atoms with Crippen LogP contribution >= 0.6 is 0 Å². The van der Waals surface area contributed by atoms with E-state index in [9.17, 15) is 27.6 Å². The molecule has 7 rings (SSSR count). The monoisotopic (exact) mass is 737 g/mol. The molecular formula is C40H35F4N7O3. The zero-order valence-electron chi connectivity index (χ0n) is 29.2. The molecule has 0 radical (unpaired) electrons. The van der Waals surface area contributed by atoms with Crippen LogP contribution in [0.3, 0.4) is 0 Å². The number of piperazine rings is 1. The van der Waals surface area contributed by atoms with Crippen LogP contribution < -0.4 is 10.6 Å². The van der Waals surface area contributed by atoms with Crippen LogP contribution in [-0.4, -0.2) is 68.3 Å². The third kappa shape index (κ3) is 8.17. The average molecular weight is 738 g/mol. The molecule has 0 spiro atoms. The highest BCUT2D eigenvalue weighted by Crippen LogP contribution is 2.35. The lowest BCUT2D eigenvalue weighted by molar-refractivity contribution is -0.138. The minimum Gasteiger partial charge on any atom is -0.322 e. The largest absolute Gasteiger partial charge is 0.416 e. The Bertz CT molecular complexity index is 2320. The number of carbonyl (C=O) groups excluding carboxylic acids is 3. The molecule has 10 nitrogen and oxygen atoms in total. The molecule has 2 fully saturated rings. The number of aromatic nitrogens is 3. The number of hydrogen-bond acceptors (Lipinski definition) is 7. The highest BCUT2D eigenvalue weighted by molar-refractivity contribution is 6.04. The SMILES string of the molecule is Cc1ccc(C(=O)Nc2ccc(CN3CCN(Cc4ccc(C5CCC(=O)NC5=O)c(F)c4)CC3)c(C(F)(F)F)c2)cc1C#Cc1cnc2cccnn12. The first-order valence-electron chi connectivity index (χ1n) is 17.4. The van der Waals surface area contributed by atoms with Crippen LogP contribution in [0.2, 0.25) is 0 Å². The molecule has 5 aromatic rings. The van der Waals surface area contributed by atoms with Gasteiger partial charge in [-0.15, -0.1) is 0 Å². The maximum absolute atomic E-state index is 15.0. The normalized spacial score (nSPS) is 16.9. The van der Waals surface area contributed by atoms with E-state index < -0.39 is 35.3 Å². The lowest BCUT2D eigenvalue weighted by Gasteiger charge is -2.35. The van der Waals surface area contributed by atoms with Crippen molar-refractivity contribution in [1.29, 1.82) is 0 Å². The number of piperidine rings is 1. The fourth-order valence-electron chi connectivity index (χ4n) is 6.75. The van der Waals surface area contributed by atoms with Gasteiger partial charge >= 0.3 is 6.18 Å². The first-order valence-corrected chi connectivity index (χ1v) is 17.4. The molecule has 3 amide bonds. The number of alkyl halides is 3. The van der Waals surface area contributed by atoms with Crippen molar-refractivity contribution in [2.24, 2.45) is 0 Å². The molecule has 54 heavy (non-hydrogen) atoms. The van der Waals surface area contributed by atoms with Gasteiger partial charge in [-0.2, -0.15) is 18.3 Å². The first kappa shape index (κ1) is 36.4. The predicted octanol–water partition coefficient (Wildman–Crippen LogP) is 5.69. The lowest BCUT2D eigenvalue weighted by atomic mass is 9.89. The minimum absolute atomic E-state index is 0.0155. The summed E-state index contributed by atoms with van der Waals surface area (Å²) < 4.78 is 59.6. The number of anilines is 1. The van der Waals surface area contributed by atoms with Crippen molar-refractivity contribution in [3.05, 3.63) is 130 Å². The number of rotatable bonds is 7. The van der Waals surface area contributed by atoms with Crippen molar-refractivity contribution < 1.29 is 31.9 Å². The minimum atomic E-state index is -4.65. The Balaban J connectivity index is 0.972. The number of benzene rings is 3. The molecule has 1 unspecified atom stereocenters. The Kier molecular flexibility index (Phi) is 10.3. The van der Waals surface area contributed by atoms with Crippen LogP contribution in [0.15, 0.2) is 79.1 Å². The standard InChI is InChI=1S/C40H35F4N7O3/c1-25-4-6-28(20-27(25)8-10-31-22-45-36-3-2-14-46-51(31)36)38(53)47-30-9-7-29(34(21-30)40(42,43)44)24-50-17-15-49(16-18-50)23-26-5-11-32(35(41)19-26)33-12-13-37(52)48-39(33)54/h2-7,9,11,14,19-22,33H,12-13,15-18,23-24H2,1H3,(H,47,53)(H,48,52,54). The summed E-state index contributed by atoms with van der Waals surface area (Å²) in [5.41, 5.74) is 3.09. The quantitative estimate of drug-likeness (QED) is 0.126. The summed E-state index contributed by atoms with van der Waals surface area (Å²) in [5, 5.41) is 9.11. The predicted molar refractivity (Wildman–Crippen MR) is 192 cm³/mol. The molecule has 3 aromatic carbocycles. The zero-order chi connectivity index (χ0) is 38.0. The van der Waals surface area contributed by atoms with Crippen LogP contribution in [0.4, 0.5) is 23.2 Å². The number of carbonyl (C=O) groups is 3. The third-order valence-corrected chi connectivity index (χ3v) is 9.72. The van der Waals surface area contributed by atoms with Gasteiger partial charge < -0.3 is 5.32 Å². The second-order valence-electron chi connectivity index (χ2n) is 13.5. The van der Waals surface area contributed by atoms with Gasteiger partial charge in [-0.1, -0.05) is 30.2 Å². The van der Waals surface area contributed by atoms with Gasteiger partial charge in [0.05, 0.1) is 17.7 Å². The second kappa shape index (κ2) is 15.2. The number of nitrogens with one attached hydrogen (secondary N) is 2. The second-order valence-corrected chi connectivity index (χ2v) is 13.5. The van der Waals surface area contributed by atoms with Crippen LogP contribution in [0.1, 0.15) is 68.2 Å².